The summed E-state index contributed by atoms with van der Waals surface area (Å²) in [6, 6.07) is 6.15. The van der Waals surface area contributed by atoms with Crippen LogP contribution in [0.5, 0.6) is 0 Å². The van der Waals surface area contributed by atoms with Gasteiger partial charge in [-0.25, -0.2) is 9.59 Å². The molecular formula is C17H21N3O5S. The van der Waals surface area contributed by atoms with Gasteiger partial charge >= 0.3 is 12.0 Å². The quantitative estimate of drug-likeness (QED) is 0.371. The molecule has 1 atom stereocenters. The highest BCUT2D eigenvalue weighted by Gasteiger charge is 2.41. The molecular weight excluding hydrogens is 358 g/mol. The number of carbonyl (C=O) groups excluding carboxylic acids is 4. The summed E-state index contributed by atoms with van der Waals surface area (Å²) in [6.45, 7) is 4.86. The Morgan fingerprint density at radius 1 is 1.27 bits per heavy atom. The van der Waals surface area contributed by atoms with Crippen LogP contribution in [0, 0.1) is 0 Å². The number of urea groups is 1. The van der Waals surface area contributed by atoms with Crippen molar-refractivity contribution in [2.45, 2.75) is 37.2 Å². The number of amides is 4. The van der Waals surface area contributed by atoms with Crippen LogP contribution in [0.2, 0.25) is 0 Å². The van der Waals surface area contributed by atoms with Gasteiger partial charge in [0.25, 0.3) is 11.8 Å². The van der Waals surface area contributed by atoms with Gasteiger partial charge < -0.3 is 15.4 Å². The van der Waals surface area contributed by atoms with Gasteiger partial charge in [-0.15, -0.1) is 11.8 Å². The highest BCUT2D eigenvalue weighted by molar-refractivity contribution is 7.99. The molecule has 3 N–H and O–H groups in total. The van der Waals surface area contributed by atoms with Gasteiger partial charge in [-0.05, 0) is 32.9 Å². The third-order valence-electron chi connectivity index (χ3n) is 3.52. The lowest BCUT2D eigenvalue weighted by Gasteiger charge is -2.20. The number of carbonyl (C=O) groups is 4. The number of hydrogen-bond acceptors (Lipinski definition) is 6. The minimum Gasteiger partial charge on any atom is -0.452 e. The second-order valence-corrected chi connectivity index (χ2v) is 7.34. The molecule has 0 saturated carbocycles. The van der Waals surface area contributed by atoms with E-state index in [2.05, 4.69) is 16.0 Å². The van der Waals surface area contributed by atoms with Crippen LogP contribution in [0.4, 0.5) is 4.79 Å². The molecule has 1 aromatic carbocycles. The summed E-state index contributed by atoms with van der Waals surface area (Å²) in [5.74, 6) is -1.18. The van der Waals surface area contributed by atoms with Crippen molar-refractivity contribution in [3.05, 3.63) is 29.8 Å². The monoisotopic (exact) mass is 379 g/mol. The topological polar surface area (TPSA) is 114 Å². The van der Waals surface area contributed by atoms with Crippen molar-refractivity contribution in [2.75, 3.05) is 12.4 Å². The molecule has 140 valence electrons. The SMILES string of the molecule is CC(C)NC(=O)COC(=O)c1ccccc1SC[C@]1(C)NC(=O)NC1=O. The van der Waals surface area contributed by atoms with Crippen molar-refractivity contribution in [1.82, 2.24) is 16.0 Å². The van der Waals surface area contributed by atoms with Crippen molar-refractivity contribution >= 4 is 35.6 Å². The fourth-order valence-electron chi connectivity index (χ4n) is 2.24. The van der Waals surface area contributed by atoms with Crippen LogP contribution in [0.15, 0.2) is 29.2 Å². The van der Waals surface area contributed by atoms with Crippen molar-refractivity contribution in [1.29, 1.82) is 0 Å². The maximum Gasteiger partial charge on any atom is 0.339 e. The summed E-state index contributed by atoms with van der Waals surface area (Å²) in [5.41, 5.74) is -0.765. The fourth-order valence-corrected chi connectivity index (χ4v) is 3.37. The summed E-state index contributed by atoms with van der Waals surface area (Å²) in [6.07, 6.45) is 0. The Bertz CT molecular complexity index is 737. The first-order valence-electron chi connectivity index (χ1n) is 8.03. The average molecular weight is 379 g/mol. The number of nitrogens with one attached hydrogen (secondary N) is 3. The van der Waals surface area contributed by atoms with Gasteiger partial charge in [-0.1, -0.05) is 12.1 Å². The first-order valence-corrected chi connectivity index (χ1v) is 9.02. The normalized spacial score (nSPS) is 19.1. The van der Waals surface area contributed by atoms with E-state index in [1.165, 1.54) is 11.8 Å². The Morgan fingerprint density at radius 2 is 1.96 bits per heavy atom. The highest BCUT2D eigenvalue weighted by Crippen LogP contribution is 2.28. The predicted molar refractivity (Wildman–Crippen MR) is 95.8 cm³/mol. The standard InChI is InChI=1S/C17H21N3O5S/c1-10(2)18-13(21)8-25-14(22)11-6-4-5-7-12(11)26-9-17(3)15(23)19-16(24)20-17/h4-7,10H,8-9H2,1-3H3,(H,18,21)(H2,19,20,23,24)/t17-/m0/s1. The molecule has 1 saturated heterocycles. The maximum absolute atomic E-state index is 12.3. The summed E-state index contributed by atoms with van der Waals surface area (Å²) >= 11 is 1.25. The number of hydrogen-bond donors (Lipinski definition) is 3. The smallest absolute Gasteiger partial charge is 0.339 e. The molecule has 1 aromatic rings. The predicted octanol–water partition coefficient (Wildman–Crippen LogP) is 1.06. The molecule has 26 heavy (non-hydrogen) atoms. The average Bonchev–Trinajstić information content (AvgIpc) is 2.83. The van der Waals surface area contributed by atoms with E-state index in [1.807, 2.05) is 13.8 Å². The Labute approximate surface area is 155 Å². The molecule has 4 amide bonds. The van der Waals surface area contributed by atoms with Crippen LogP contribution < -0.4 is 16.0 Å². The molecule has 2 rings (SSSR count). The van der Waals surface area contributed by atoms with Crippen LogP contribution in [-0.2, 0) is 14.3 Å². The zero-order valence-corrected chi connectivity index (χ0v) is 15.6. The van der Waals surface area contributed by atoms with Crippen LogP contribution >= 0.6 is 11.8 Å². The number of thioether (sulfide) groups is 1. The highest BCUT2D eigenvalue weighted by atomic mass is 32.2. The lowest BCUT2D eigenvalue weighted by Crippen LogP contribution is -2.46. The second kappa shape index (κ2) is 8.22. The zero-order chi connectivity index (χ0) is 19.3. The van der Waals surface area contributed by atoms with Gasteiger partial charge in [0.05, 0.1) is 5.56 Å². The van der Waals surface area contributed by atoms with Crippen LogP contribution in [-0.4, -0.2) is 47.8 Å². The Kier molecular flexibility index (Phi) is 6.25. The molecule has 8 nitrogen and oxygen atoms in total. The van der Waals surface area contributed by atoms with Crippen molar-refractivity contribution in [2.24, 2.45) is 0 Å². The summed E-state index contributed by atoms with van der Waals surface area (Å²) < 4.78 is 5.05. The largest absolute Gasteiger partial charge is 0.452 e. The number of esters is 1. The summed E-state index contributed by atoms with van der Waals surface area (Å²) in [5, 5.41) is 7.39. The first kappa shape index (κ1) is 19.8. The van der Waals surface area contributed by atoms with E-state index in [0.29, 0.717) is 10.5 Å². The molecule has 1 aliphatic heterocycles. The molecule has 0 radical (unpaired) electrons. The second-order valence-electron chi connectivity index (χ2n) is 6.32. The Morgan fingerprint density at radius 3 is 2.58 bits per heavy atom. The van der Waals surface area contributed by atoms with Gasteiger partial charge in [-0.3, -0.25) is 14.9 Å². The minimum atomic E-state index is -1.06. The van der Waals surface area contributed by atoms with Crippen LogP contribution in [0.3, 0.4) is 0 Å². The van der Waals surface area contributed by atoms with Gasteiger partial charge in [-0.2, -0.15) is 0 Å². The molecule has 1 aliphatic rings. The van der Waals surface area contributed by atoms with E-state index in [1.54, 1.807) is 31.2 Å². The minimum absolute atomic E-state index is 0.0439. The van der Waals surface area contributed by atoms with Gasteiger partial charge in [0.1, 0.15) is 5.54 Å². The van der Waals surface area contributed by atoms with E-state index in [9.17, 15) is 19.2 Å². The zero-order valence-electron chi connectivity index (χ0n) is 14.8. The van der Waals surface area contributed by atoms with Crippen molar-refractivity contribution < 1.29 is 23.9 Å². The van der Waals surface area contributed by atoms with Gasteiger partial charge in [0.2, 0.25) is 0 Å². The van der Waals surface area contributed by atoms with Crippen molar-refractivity contribution in [3.8, 4) is 0 Å². The number of imide groups is 1. The molecule has 0 aromatic heterocycles. The first-order chi connectivity index (χ1) is 12.2. The summed E-state index contributed by atoms with van der Waals surface area (Å²) in [7, 11) is 0. The van der Waals surface area contributed by atoms with Gasteiger partial charge in [0.15, 0.2) is 6.61 Å². The van der Waals surface area contributed by atoms with E-state index in [-0.39, 0.29) is 24.3 Å². The lowest BCUT2D eigenvalue weighted by atomic mass is 10.1. The van der Waals surface area contributed by atoms with Gasteiger partial charge in [0, 0.05) is 16.7 Å². The third-order valence-corrected chi connectivity index (χ3v) is 4.91. The molecule has 0 spiro atoms. The van der Waals surface area contributed by atoms with Crippen LogP contribution in [0.1, 0.15) is 31.1 Å². The van der Waals surface area contributed by atoms with E-state index in [0.717, 1.165) is 0 Å². The molecule has 1 fully saturated rings. The summed E-state index contributed by atoms with van der Waals surface area (Å²) in [4.78, 5) is 47.7. The van der Waals surface area contributed by atoms with Crippen molar-refractivity contribution in [3.63, 3.8) is 0 Å². The Balaban J connectivity index is 2.01. The van der Waals surface area contributed by atoms with E-state index < -0.39 is 23.4 Å². The number of ether oxygens (including phenoxy) is 1. The molecule has 0 bridgehead atoms. The van der Waals surface area contributed by atoms with E-state index in [4.69, 9.17) is 4.74 Å². The molecule has 0 aliphatic carbocycles. The lowest BCUT2D eigenvalue weighted by molar-refractivity contribution is -0.124. The fraction of sp³-hybridized carbons (Fsp3) is 0.412. The number of rotatable bonds is 7. The Hall–Kier alpha value is -2.55. The molecule has 9 heteroatoms. The maximum atomic E-state index is 12.3. The molecule has 1 heterocycles. The third kappa shape index (κ3) is 4.98. The number of benzene rings is 1. The molecule has 0 unspecified atom stereocenters. The van der Waals surface area contributed by atoms with Crippen LogP contribution in [0.25, 0.3) is 0 Å². The van der Waals surface area contributed by atoms with E-state index >= 15 is 0 Å².